The van der Waals surface area contributed by atoms with E-state index < -0.39 is 6.10 Å². The first-order chi connectivity index (χ1) is 9.75. The lowest BCUT2D eigenvalue weighted by Crippen LogP contribution is -2.41. The zero-order valence-electron chi connectivity index (χ0n) is 11.1. The van der Waals surface area contributed by atoms with Crippen LogP contribution in [0.25, 0.3) is 0 Å². The quantitative estimate of drug-likeness (QED) is 0.882. The van der Waals surface area contributed by atoms with Gasteiger partial charge in [0.2, 0.25) is 0 Å². The van der Waals surface area contributed by atoms with Crippen molar-refractivity contribution < 1.29 is 9.90 Å². The second-order valence-corrected chi connectivity index (χ2v) is 5.07. The molecule has 3 heterocycles. The molecule has 0 unspecified atom stereocenters. The molecule has 0 saturated carbocycles. The highest BCUT2D eigenvalue weighted by molar-refractivity contribution is 5.92. The van der Waals surface area contributed by atoms with Gasteiger partial charge in [-0.25, -0.2) is 0 Å². The standard InChI is InChI=1S/C15H17N3O2/c19-14-5-8-18(15(20)12-4-2-7-17-12)13(14)9-11-3-1-6-16-10-11/h1-4,6-7,10,13-14,17,19H,5,8-9H2/t13-,14-/m1/s1. The predicted molar refractivity (Wildman–Crippen MR) is 74.2 cm³/mol. The molecule has 5 nitrogen and oxygen atoms in total. The van der Waals surface area contributed by atoms with E-state index in [1.54, 1.807) is 35.6 Å². The third kappa shape index (κ3) is 2.44. The third-order valence-corrected chi connectivity index (χ3v) is 3.77. The summed E-state index contributed by atoms with van der Waals surface area (Å²) in [7, 11) is 0. The number of pyridine rings is 1. The van der Waals surface area contributed by atoms with E-state index in [1.165, 1.54) is 0 Å². The van der Waals surface area contributed by atoms with E-state index in [4.69, 9.17) is 0 Å². The highest BCUT2D eigenvalue weighted by Gasteiger charge is 2.36. The second-order valence-electron chi connectivity index (χ2n) is 5.07. The lowest BCUT2D eigenvalue weighted by Gasteiger charge is -2.26. The lowest BCUT2D eigenvalue weighted by atomic mass is 10.0. The van der Waals surface area contributed by atoms with Crippen LogP contribution in [-0.2, 0) is 6.42 Å². The number of carbonyl (C=O) groups excluding carboxylic acids is 1. The van der Waals surface area contributed by atoms with Crippen LogP contribution < -0.4 is 0 Å². The smallest absolute Gasteiger partial charge is 0.270 e. The second kappa shape index (κ2) is 5.46. The van der Waals surface area contributed by atoms with Gasteiger partial charge >= 0.3 is 0 Å². The van der Waals surface area contributed by atoms with E-state index in [-0.39, 0.29) is 11.9 Å². The molecule has 2 aromatic rings. The lowest BCUT2D eigenvalue weighted by molar-refractivity contribution is 0.0635. The fourth-order valence-electron chi connectivity index (χ4n) is 2.71. The minimum atomic E-state index is -0.478. The SMILES string of the molecule is O=C(c1ccc[nH]1)N1CC[C@@H](O)[C@H]1Cc1cccnc1. The Kier molecular flexibility index (Phi) is 3.52. The molecule has 0 bridgehead atoms. The number of H-pyrrole nitrogens is 1. The Morgan fingerprint density at radius 3 is 3.05 bits per heavy atom. The maximum atomic E-state index is 12.4. The molecule has 1 fully saturated rings. The molecule has 0 radical (unpaired) electrons. The Morgan fingerprint density at radius 1 is 1.45 bits per heavy atom. The van der Waals surface area contributed by atoms with Crippen LogP contribution in [0.15, 0.2) is 42.9 Å². The molecule has 3 rings (SSSR count). The van der Waals surface area contributed by atoms with Gasteiger partial charge in [0.05, 0.1) is 12.1 Å². The maximum absolute atomic E-state index is 12.4. The number of aromatic nitrogens is 2. The van der Waals surface area contributed by atoms with E-state index in [1.807, 2.05) is 12.1 Å². The van der Waals surface area contributed by atoms with Gasteiger partial charge in [-0.2, -0.15) is 0 Å². The van der Waals surface area contributed by atoms with E-state index in [0.29, 0.717) is 25.1 Å². The van der Waals surface area contributed by atoms with Crippen molar-refractivity contribution in [2.75, 3.05) is 6.54 Å². The van der Waals surface area contributed by atoms with Crippen molar-refractivity contribution in [1.82, 2.24) is 14.9 Å². The van der Waals surface area contributed by atoms with E-state index >= 15 is 0 Å². The Balaban J connectivity index is 1.78. The monoisotopic (exact) mass is 271 g/mol. The van der Waals surface area contributed by atoms with Gasteiger partial charge in [-0.3, -0.25) is 9.78 Å². The summed E-state index contributed by atoms with van der Waals surface area (Å²) < 4.78 is 0. The van der Waals surface area contributed by atoms with Crippen molar-refractivity contribution in [1.29, 1.82) is 0 Å². The molecule has 104 valence electrons. The first-order valence-corrected chi connectivity index (χ1v) is 6.77. The molecule has 0 aromatic carbocycles. The van der Waals surface area contributed by atoms with Crippen LogP contribution >= 0.6 is 0 Å². The van der Waals surface area contributed by atoms with Gasteiger partial charge in [-0.1, -0.05) is 6.07 Å². The van der Waals surface area contributed by atoms with Gasteiger partial charge in [-0.15, -0.1) is 0 Å². The topological polar surface area (TPSA) is 69.2 Å². The van der Waals surface area contributed by atoms with Crippen LogP contribution in [0, 0.1) is 0 Å². The minimum absolute atomic E-state index is 0.0551. The number of aromatic amines is 1. The molecule has 2 N–H and O–H groups in total. The van der Waals surface area contributed by atoms with Crippen molar-refractivity contribution in [2.24, 2.45) is 0 Å². The predicted octanol–water partition coefficient (Wildman–Crippen LogP) is 1.23. The summed E-state index contributed by atoms with van der Waals surface area (Å²) in [6, 6.07) is 7.21. The van der Waals surface area contributed by atoms with Crippen molar-refractivity contribution in [3.05, 3.63) is 54.1 Å². The fraction of sp³-hybridized carbons (Fsp3) is 0.333. The molecular formula is C15H17N3O2. The largest absolute Gasteiger partial charge is 0.391 e. The van der Waals surface area contributed by atoms with Gasteiger partial charge in [0.25, 0.3) is 5.91 Å². The van der Waals surface area contributed by atoms with Crippen LogP contribution in [0.2, 0.25) is 0 Å². The number of carbonyl (C=O) groups is 1. The number of aliphatic hydroxyl groups excluding tert-OH is 1. The molecule has 2 aromatic heterocycles. The van der Waals surface area contributed by atoms with Crippen LogP contribution in [-0.4, -0.2) is 44.6 Å². The van der Waals surface area contributed by atoms with Crippen LogP contribution in [0.1, 0.15) is 22.5 Å². The highest BCUT2D eigenvalue weighted by Crippen LogP contribution is 2.23. The van der Waals surface area contributed by atoms with Crippen molar-refractivity contribution >= 4 is 5.91 Å². The Hall–Kier alpha value is -2.14. The summed E-state index contributed by atoms with van der Waals surface area (Å²) in [5.41, 5.74) is 1.60. The van der Waals surface area contributed by atoms with Crippen molar-refractivity contribution in [3.8, 4) is 0 Å². The number of nitrogens with one attached hydrogen (secondary N) is 1. The summed E-state index contributed by atoms with van der Waals surface area (Å²) in [6.45, 7) is 0.587. The van der Waals surface area contributed by atoms with Gasteiger partial charge in [0.1, 0.15) is 5.69 Å². The highest BCUT2D eigenvalue weighted by atomic mass is 16.3. The summed E-state index contributed by atoms with van der Waals surface area (Å²) in [5, 5.41) is 10.1. The van der Waals surface area contributed by atoms with Gasteiger partial charge in [0.15, 0.2) is 0 Å². The van der Waals surface area contributed by atoms with Gasteiger partial charge in [-0.05, 0) is 36.6 Å². The Morgan fingerprint density at radius 2 is 2.35 bits per heavy atom. The number of hydrogen-bond acceptors (Lipinski definition) is 3. The summed E-state index contributed by atoms with van der Waals surface area (Å²) in [6.07, 6.45) is 6.00. The number of hydrogen-bond donors (Lipinski definition) is 2. The molecule has 20 heavy (non-hydrogen) atoms. The summed E-state index contributed by atoms with van der Waals surface area (Å²) in [4.78, 5) is 21.2. The number of amides is 1. The van der Waals surface area contributed by atoms with Crippen LogP contribution in [0.3, 0.4) is 0 Å². The number of nitrogens with zero attached hydrogens (tertiary/aromatic N) is 2. The molecule has 1 aliphatic rings. The summed E-state index contributed by atoms with van der Waals surface area (Å²) in [5.74, 6) is -0.0551. The van der Waals surface area contributed by atoms with Gasteiger partial charge < -0.3 is 15.0 Å². The number of rotatable bonds is 3. The first-order valence-electron chi connectivity index (χ1n) is 6.77. The average molecular weight is 271 g/mol. The maximum Gasteiger partial charge on any atom is 0.270 e. The first kappa shape index (κ1) is 12.9. The Labute approximate surface area is 117 Å². The van der Waals surface area contributed by atoms with Crippen molar-refractivity contribution in [3.63, 3.8) is 0 Å². The van der Waals surface area contributed by atoms with Crippen molar-refractivity contribution in [2.45, 2.75) is 25.0 Å². The average Bonchev–Trinajstić information content (AvgIpc) is 3.11. The summed E-state index contributed by atoms with van der Waals surface area (Å²) >= 11 is 0. The number of likely N-dealkylation sites (tertiary alicyclic amines) is 1. The van der Waals surface area contributed by atoms with E-state index in [9.17, 15) is 9.90 Å². The zero-order valence-corrected chi connectivity index (χ0v) is 11.1. The minimum Gasteiger partial charge on any atom is -0.391 e. The molecule has 0 spiro atoms. The van der Waals surface area contributed by atoms with Crippen LogP contribution in [0.5, 0.6) is 0 Å². The third-order valence-electron chi connectivity index (χ3n) is 3.77. The molecular weight excluding hydrogens is 254 g/mol. The fourth-order valence-corrected chi connectivity index (χ4v) is 2.71. The van der Waals surface area contributed by atoms with Gasteiger partial charge in [0, 0.05) is 25.1 Å². The Bertz CT molecular complexity index is 568. The molecule has 2 atom stereocenters. The molecule has 1 saturated heterocycles. The normalized spacial score (nSPS) is 22.1. The molecule has 1 amide bonds. The van der Waals surface area contributed by atoms with E-state index in [0.717, 1.165) is 5.56 Å². The molecule has 1 aliphatic heterocycles. The number of aliphatic hydroxyl groups is 1. The van der Waals surface area contributed by atoms with Crippen LogP contribution in [0.4, 0.5) is 0 Å². The molecule has 0 aliphatic carbocycles. The zero-order chi connectivity index (χ0) is 13.9. The molecule has 5 heteroatoms. The van der Waals surface area contributed by atoms with E-state index in [2.05, 4.69) is 9.97 Å².